The highest BCUT2D eigenvalue weighted by molar-refractivity contribution is 7.98. The molecule has 1 unspecified atom stereocenters. The van der Waals surface area contributed by atoms with Crippen LogP contribution in [0, 0.1) is 5.82 Å². The summed E-state index contributed by atoms with van der Waals surface area (Å²) in [5, 5.41) is 3.53. The summed E-state index contributed by atoms with van der Waals surface area (Å²) in [6.07, 6.45) is 2.30. The van der Waals surface area contributed by atoms with Crippen LogP contribution in [0.25, 0.3) is 0 Å². The summed E-state index contributed by atoms with van der Waals surface area (Å²) in [6, 6.07) is 11.4. The summed E-state index contributed by atoms with van der Waals surface area (Å²) in [4.78, 5) is 0. The molecule has 2 heterocycles. The molecule has 0 saturated carbocycles. The number of rotatable bonds is 1. The Hall–Kier alpha value is -1.72. The van der Waals surface area contributed by atoms with Gasteiger partial charge in [-0.05, 0) is 36.1 Å². The molecule has 2 aliphatic rings. The summed E-state index contributed by atoms with van der Waals surface area (Å²) >= 11 is 1.59. The lowest BCUT2D eigenvalue weighted by Crippen LogP contribution is -2.27. The number of fused-ring (bicyclic) bond motifs is 3. The van der Waals surface area contributed by atoms with Crippen LogP contribution >= 0.6 is 12.1 Å². The molecule has 0 aromatic heterocycles. The lowest BCUT2D eigenvalue weighted by Gasteiger charge is -2.36. The third kappa shape index (κ3) is 2.25. The van der Waals surface area contributed by atoms with Crippen molar-refractivity contribution in [3.05, 3.63) is 58.9 Å². The minimum atomic E-state index is -0.194. The molecule has 3 nitrogen and oxygen atoms in total. The van der Waals surface area contributed by atoms with E-state index in [-0.39, 0.29) is 11.9 Å². The zero-order valence-corrected chi connectivity index (χ0v) is 13.2. The Bertz CT molecular complexity index is 702. The van der Waals surface area contributed by atoms with Gasteiger partial charge in [0.2, 0.25) is 0 Å². The summed E-state index contributed by atoms with van der Waals surface area (Å²) in [5.74, 6) is -0.194. The number of anilines is 2. The fourth-order valence-electron chi connectivity index (χ4n) is 3.30. The van der Waals surface area contributed by atoms with Crippen LogP contribution in [0.4, 0.5) is 15.8 Å². The Kier molecular flexibility index (Phi) is 3.47. The molecule has 5 heteroatoms. The van der Waals surface area contributed by atoms with Crippen LogP contribution < -0.4 is 10.0 Å². The van der Waals surface area contributed by atoms with Crippen molar-refractivity contribution in [2.24, 2.45) is 0 Å². The van der Waals surface area contributed by atoms with Gasteiger partial charge in [-0.25, -0.2) is 8.70 Å². The van der Waals surface area contributed by atoms with Crippen molar-refractivity contribution in [3.63, 3.8) is 0 Å². The Labute approximate surface area is 134 Å². The zero-order valence-electron chi connectivity index (χ0n) is 12.4. The van der Waals surface area contributed by atoms with E-state index >= 15 is 0 Å². The molecule has 114 valence electrons. The molecule has 0 aliphatic carbocycles. The Balaban J connectivity index is 1.83. The topological polar surface area (TPSA) is 27.3 Å². The van der Waals surface area contributed by atoms with E-state index in [0.717, 1.165) is 18.5 Å². The van der Waals surface area contributed by atoms with E-state index in [9.17, 15) is 4.39 Å². The molecule has 0 saturated heterocycles. The third-order valence-electron chi connectivity index (χ3n) is 4.38. The van der Waals surface area contributed by atoms with Crippen molar-refractivity contribution < 1.29 is 4.39 Å². The molecule has 0 fully saturated rings. The van der Waals surface area contributed by atoms with E-state index < -0.39 is 0 Å². The molecule has 2 N–H and O–H groups in total. The van der Waals surface area contributed by atoms with Crippen molar-refractivity contribution in [1.82, 2.24) is 4.31 Å². The van der Waals surface area contributed by atoms with Gasteiger partial charge in [-0.1, -0.05) is 24.3 Å². The van der Waals surface area contributed by atoms with Crippen LogP contribution in [0.15, 0.2) is 36.4 Å². The first-order valence-electron chi connectivity index (χ1n) is 7.55. The van der Waals surface area contributed by atoms with E-state index in [0.29, 0.717) is 0 Å². The van der Waals surface area contributed by atoms with Gasteiger partial charge in [0.25, 0.3) is 0 Å². The van der Waals surface area contributed by atoms with E-state index in [1.54, 1.807) is 12.1 Å². The van der Waals surface area contributed by atoms with Crippen LogP contribution in [0.5, 0.6) is 0 Å². The standard InChI is InChI=1S/C17H18FN3S/c1-21-17(12-4-7-13(18)8-5-12)14-9-6-11-3-2-10-19-15(11)16(14)20-22-21/h4-9,17,19-20H,2-3,10H2,1H3. The van der Waals surface area contributed by atoms with Crippen LogP contribution in [0.3, 0.4) is 0 Å². The van der Waals surface area contributed by atoms with Gasteiger partial charge >= 0.3 is 0 Å². The third-order valence-corrected chi connectivity index (χ3v) is 5.18. The monoisotopic (exact) mass is 315 g/mol. The normalized spacial score (nSPS) is 20.5. The van der Waals surface area contributed by atoms with Gasteiger partial charge in [-0.2, -0.15) is 0 Å². The van der Waals surface area contributed by atoms with E-state index in [1.165, 1.54) is 41.1 Å². The van der Waals surface area contributed by atoms with Crippen molar-refractivity contribution in [3.8, 4) is 0 Å². The van der Waals surface area contributed by atoms with Gasteiger partial charge in [-0.15, -0.1) is 0 Å². The first-order valence-corrected chi connectivity index (χ1v) is 8.32. The van der Waals surface area contributed by atoms with Crippen molar-refractivity contribution in [1.29, 1.82) is 0 Å². The quantitative estimate of drug-likeness (QED) is 0.772. The summed E-state index contributed by atoms with van der Waals surface area (Å²) < 4.78 is 18.9. The molecule has 22 heavy (non-hydrogen) atoms. The number of nitrogens with zero attached hydrogens (tertiary/aromatic N) is 1. The largest absolute Gasteiger partial charge is 0.383 e. The minimum absolute atomic E-state index is 0.121. The number of hydrogen-bond donors (Lipinski definition) is 2. The zero-order chi connectivity index (χ0) is 15.1. The van der Waals surface area contributed by atoms with Crippen LogP contribution in [0.1, 0.15) is 29.2 Å². The minimum Gasteiger partial charge on any atom is -0.383 e. The number of hydrogen-bond acceptors (Lipinski definition) is 4. The van der Waals surface area contributed by atoms with Gasteiger partial charge in [-0.3, -0.25) is 0 Å². The highest BCUT2D eigenvalue weighted by Crippen LogP contribution is 2.46. The van der Waals surface area contributed by atoms with Gasteiger partial charge in [0.15, 0.2) is 0 Å². The highest BCUT2D eigenvalue weighted by Gasteiger charge is 2.30. The summed E-state index contributed by atoms with van der Waals surface area (Å²) in [7, 11) is 2.06. The molecular weight excluding hydrogens is 297 g/mol. The lowest BCUT2D eigenvalue weighted by atomic mass is 9.92. The number of aryl methyl sites for hydroxylation is 1. The molecule has 4 rings (SSSR count). The SMILES string of the molecule is CN1SNc2c(ccc3c2NCCC3)C1c1ccc(F)cc1. The predicted molar refractivity (Wildman–Crippen MR) is 90.5 cm³/mol. The van der Waals surface area contributed by atoms with E-state index in [2.05, 4.69) is 33.5 Å². The molecule has 0 bridgehead atoms. The average molecular weight is 315 g/mol. The number of nitrogens with one attached hydrogen (secondary N) is 2. The van der Waals surface area contributed by atoms with Gasteiger partial charge in [0, 0.05) is 31.3 Å². The maximum absolute atomic E-state index is 13.2. The van der Waals surface area contributed by atoms with Crippen molar-refractivity contribution >= 4 is 23.5 Å². The van der Waals surface area contributed by atoms with Crippen molar-refractivity contribution in [2.75, 3.05) is 23.6 Å². The highest BCUT2D eigenvalue weighted by atomic mass is 32.2. The maximum atomic E-state index is 13.2. The molecule has 0 amide bonds. The Morgan fingerprint density at radius 1 is 1.14 bits per heavy atom. The van der Waals surface area contributed by atoms with E-state index in [1.807, 2.05) is 12.1 Å². The van der Waals surface area contributed by atoms with Gasteiger partial charge < -0.3 is 10.0 Å². The molecule has 2 aromatic carbocycles. The second-order valence-corrected chi connectivity index (χ2v) is 6.75. The predicted octanol–water partition coefficient (Wildman–Crippen LogP) is 4.19. The smallest absolute Gasteiger partial charge is 0.123 e. The van der Waals surface area contributed by atoms with Gasteiger partial charge in [0.05, 0.1) is 17.4 Å². The van der Waals surface area contributed by atoms with E-state index in [4.69, 9.17) is 0 Å². The molecule has 2 aromatic rings. The molecule has 0 radical (unpaired) electrons. The first-order chi connectivity index (χ1) is 10.7. The molecule has 1 atom stereocenters. The molecule has 0 spiro atoms. The Morgan fingerprint density at radius 3 is 2.77 bits per heavy atom. The summed E-state index contributed by atoms with van der Waals surface area (Å²) in [6.45, 7) is 1.02. The Morgan fingerprint density at radius 2 is 1.95 bits per heavy atom. The number of halogens is 1. The number of benzene rings is 2. The second-order valence-electron chi connectivity index (χ2n) is 5.79. The first kappa shape index (κ1) is 13.9. The summed E-state index contributed by atoms with van der Waals surface area (Å²) in [5.41, 5.74) is 6.13. The molecule has 2 aliphatic heterocycles. The van der Waals surface area contributed by atoms with Gasteiger partial charge in [0.1, 0.15) is 5.82 Å². The second kappa shape index (κ2) is 5.48. The van der Waals surface area contributed by atoms with Crippen LogP contribution in [0.2, 0.25) is 0 Å². The lowest BCUT2D eigenvalue weighted by molar-refractivity contribution is 0.478. The van der Waals surface area contributed by atoms with Crippen molar-refractivity contribution in [2.45, 2.75) is 18.9 Å². The molecular formula is C17H18FN3S. The fourth-order valence-corrected chi connectivity index (χ4v) is 4.10. The van der Waals surface area contributed by atoms with Crippen LogP contribution in [-0.4, -0.2) is 17.9 Å². The van der Waals surface area contributed by atoms with Crippen LogP contribution in [-0.2, 0) is 6.42 Å². The fraction of sp³-hybridized carbons (Fsp3) is 0.294. The maximum Gasteiger partial charge on any atom is 0.123 e. The average Bonchev–Trinajstić information content (AvgIpc) is 2.55.